The monoisotopic (exact) mass is 260 g/mol. The number of methoxy groups -OCH3 is 2. The van der Waals surface area contributed by atoms with Gasteiger partial charge in [-0.2, -0.15) is 0 Å². The van der Waals surface area contributed by atoms with E-state index in [0.717, 1.165) is 6.20 Å². The highest BCUT2D eigenvalue weighted by Gasteiger charge is 2.22. The minimum absolute atomic E-state index is 0.0525. The third-order valence-corrected chi connectivity index (χ3v) is 2.47. The molecule has 0 aliphatic heterocycles. The number of hydrogen-bond donors (Lipinski definition) is 1. The molecule has 0 spiro atoms. The van der Waals surface area contributed by atoms with Crippen LogP contribution in [0.15, 0.2) is 6.20 Å². The maximum atomic E-state index is 12.9. The van der Waals surface area contributed by atoms with E-state index in [1.807, 2.05) is 0 Å². The highest BCUT2D eigenvalue weighted by molar-refractivity contribution is 5.73. The third kappa shape index (κ3) is 2.92. The number of carbonyl (C=O) groups excluding carboxylic acids is 1. The standard InChI is InChI=1S/C11H14F2N2O3/c1-17-9(16)3-6-7(4-14)11(18-2)15-5-8(6)10(12)13/h5,10H,3-4,14H2,1-2H3. The largest absolute Gasteiger partial charge is 0.481 e. The van der Waals surface area contributed by atoms with Gasteiger partial charge in [-0.05, 0) is 5.56 Å². The van der Waals surface area contributed by atoms with E-state index in [2.05, 4.69) is 9.72 Å². The number of nitrogens with two attached hydrogens (primary N) is 1. The number of halogens is 2. The van der Waals surface area contributed by atoms with Crippen molar-refractivity contribution in [3.63, 3.8) is 0 Å². The molecule has 0 atom stereocenters. The van der Waals surface area contributed by atoms with Crippen LogP contribution in [0, 0.1) is 0 Å². The first kappa shape index (κ1) is 14.3. The molecule has 7 heteroatoms. The second kappa shape index (κ2) is 6.25. The molecule has 2 N–H and O–H groups in total. The molecule has 1 aromatic rings. The minimum atomic E-state index is -2.74. The lowest BCUT2D eigenvalue weighted by Gasteiger charge is -2.15. The quantitative estimate of drug-likeness (QED) is 0.805. The molecule has 0 bridgehead atoms. The minimum Gasteiger partial charge on any atom is -0.481 e. The Labute approximate surface area is 103 Å². The van der Waals surface area contributed by atoms with Crippen molar-refractivity contribution in [1.82, 2.24) is 4.98 Å². The Morgan fingerprint density at radius 3 is 2.56 bits per heavy atom. The summed E-state index contributed by atoms with van der Waals surface area (Å²) < 4.78 is 35.1. The average Bonchev–Trinajstić information content (AvgIpc) is 2.37. The van der Waals surface area contributed by atoms with Crippen LogP contribution in [0.3, 0.4) is 0 Å². The number of hydrogen-bond acceptors (Lipinski definition) is 5. The first-order valence-electron chi connectivity index (χ1n) is 5.14. The van der Waals surface area contributed by atoms with Crippen LogP contribution < -0.4 is 10.5 Å². The van der Waals surface area contributed by atoms with Crippen molar-refractivity contribution in [1.29, 1.82) is 0 Å². The Morgan fingerprint density at radius 2 is 2.11 bits per heavy atom. The molecule has 0 aromatic carbocycles. The van der Waals surface area contributed by atoms with Crippen molar-refractivity contribution in [3.05, 3.63) is 22.9 Å². The van der Waals surface area contributed by atoms with Gasteiger partial charge in [0.1, 0.15) is 0 Å². The zero-order chi connectivity index (χ0) is 13.7. The first-order chi connectivity index (χ1) is 8.54. The predicted molar refractivity (Wildman–Crippen MR) is 59.4 cm³/mol. The number of pyridine rings is 1. The maximum Gasteiger partial charge on any atom is 0.310 e. The van der Waals surface area contributed by atoms with E-state index in [9.17, 15) is 13.6 Å². The molecule has 100 valence electrons. The van der Waals surface area contributed by atoms with Crippen LogP contribution in [0.2, 0.25) is 0 Å². The number of nitrogens with zero attached hydrogens (tertiary/aromatic N) is 1. The van der Waals surface area contributed by atoms with Gasteiger partial charge in [-0.1, -0.05) is 0 Å². The Kier molecular flexibility index (Phi) is 4.96. The Balaban J connectivity index is 3.33. The van der Waals surface area contributed by atoms with Crippen LogP contribution in [0.5, 0.6) is 5.88 Å². The van der Waals surface area contributed by atoms with Gasteiger partial charge in [0.15, 0.2) is 0 Å². The molecule has 0 saturated heterocycles. The molecule has 18 heavy (non-hydrogen) atoms. The number of carbonyl (C=O) groups is 1. The number of alkyl halides is 2. The summed E-state index contributed by atoms with van der Waals surface area (Å²) in [6.07, 6.45) is -2.05. The van der Waals surface area contributed by atoms with Crippen molar-refractivity contribution in [2.24, 2.45) is 5.73 Å². The van der Waals surface area contributed by atoms with E-state index in [4.69, 9.17) is 10.5 Å². The molecule has 1 rings (SSSR count). The van der Waals surface area contributed by atoms with Crippen molar-refractivity contribution in [2.75, 3.05) is 14.2 Å². The summed E-state index contributed by atoms with van der Waals surface area (Å²) in [6.45, 7) is -0.0525. The van der Waals surface area contributed by atoms with Gasteiger partial charge >= 0.3 is 5.97 Å². The number of aromatic nitrogens is 1. The highest BCUT2D eigenvalue weighted by atomic mass is 19.3. The van der Waals surface area contributed by atoms with Gasteiger partial charge in [0.05, 0.1) is 20.6 Å². The van der Waals surface area contributed by atoms with E-state index < -0.39 is 12.4 Å². The van der Waals surface area contributed by atoms with Gasteiger partial charge < -0.3 is 15.2 Å². The van der Waals surface area contributed by atoms with E-state index in [0.29, 0.717) is 5.56 Å². The van der Waals surface area contributed by atoms with E-state index in [1.165, 1.54) is 14.2 Å². The van der Waals surface area contributed by atoms with Gasteiger partial charge in [-0.3, -0.25) is 4.79 Å². The summed E-state index contributed by atoms with van der Waals surface area (Å²) >= 11 is 0. The molecule has 0 unspecified atom stereocenters. The zero-order valence-corrected chi connectivity index (χ0v) is 10.1. The van der Waals surface area contributed by atoms with Crippen LogP contribution in [0.1, 0.15) is 23.1 Å². The fourth-order valence-electron chi connectivity index (χ4n) is 1.59. The van der Waals surface area contributed by atoms with Crippen LogP contribution in [-0.2, 0) is 22.5 Å². The summed E-state index contributed by atoms with van der Waals surface area (Å²) in [4.78, 5) is 15.0. The van der Waals surface area contributed by atoms with E-state index in [1.54, 1.807) is 0 Å². The first-order valence-corrected chi connectivity index (χ1v) is 5.14. The van der Waals surface area contributed by atoms with Crippen LogP contribution in [0.25, 0.3) is 0 Å². The number of rotatable bonds is 5. The summed E-state index contributed by atoms with van der Waals surface area (Å²) in [7, 11) is 2.54. The Bertz CT molecular complexity index is 439. The molecule has 0 amide bonds. The van der Waals surface area contributed by atoms with Crippen LogP contribution in [-0.4, -0.2) is 25.2 Å². The molecule has 0 aliphatic carbocycles. The predicted octanol–water partition coefficient (Wildman–Crippen LogP) is 1.20. The zero-order valence-electron chi connectivity index (χ0n) is 10.1. The molecule has 0 aliphatic rings. The topological polar surface area (TPSA) is 74.4 Å². The molecule has 0 saturated carbocycles. The smallest absolute Gasteiger partial charge is 0.310 e. The van der Waals surface area contributed by atoms with Gasteiger partial charge in [0, 0.05) is 23.9 Å². The number of ether oxygens (including phenoxy) is 2. The molecular formula is C11H14F2N2O3. The maximum absolute atomic E-state index is 12.9. The molecule has 0 fully saturated rings. The Morgan fingerprint density at radius 1 is 1.44 bits per heavy atom. The lowest BCUT2D eigenvalue weighted by atomic mass is 10.0. The molecular weight excluding hydrogens is 246 g/mol. The third-order valence-electron chi connectivity index (χ3n) is 2.47. The summed E-state index contributed by atoms with van der Waals surface area (Å²) in [5.74, 6) is -0.486. The van der Waals surface area contributed by atoms with Crippen molar-refractivity contribution < 1.29 is 23.0 Å². The van der Waals surface area contributed by atoms with Gasteiger partial charge in [-0.15, -0.1) is 0 Å². The van der Waals surface area contributed by atoms with Crippen molar-refractivity contribution in [2.45, 2.75) is 19.4 Å². The molecule has 0 radical (unpaired) electrons. The second-order valence-corrected chi connectivity index (χ2v) is 3.44. The normalized spacial score (nSPS) is 10.6. The summed E-state index contributed by atoms with van der Waals surface area (Å²) in [5, 5.41) is 0. The van der Waals surface area contributed by atoms with Gasteiger partial charge in [0.25, 0.3) is 6.43 Å². The molecule has 1 heterocycles. The van der Waals surface area contributed by atoms with Crippen LogP contribution >= 0.6 is 0 Å². The molecule has 5 nitrogen and oxygen atoms in total. The second-order valence-electron chi connectivity index (χ2n) is 3.44. The lowest BCUT2D eigenvalue weighted by molar-refractivity contribution is -0.139. The van der Waals surface area contributed by atoms with E-state index >= 15 is 0 Å². The van der Waals surface area contributed by atoms with Gasteiger partial charge in [0.2, 0.25) is 5.88 Å². The summed E-state index contributed by atoms with van der Waals surface area (Å²) in [5.41, 5.74) is 5.57. The van der Waals surface area contributed by atoms with E-state index in [-0.39, 0.29) is 30.0 Å². The highest BCUT2D eigenvalue weighted by Crippen LogP contribution is 2.29. The van der Waals surface area contributed by atoms with Gasteiger partial charge in [-0.25, -0.2) is 13.8 Å². The SMILES string of the molecule is COC(=O)Cc1c(C(F)F)cnc(OC)c1CN. The Hall–Kier alpha value is -1.76. The lowest BCUT2D eigenvalue weighted by Crippen LogP contribution is -2.14. The van der Waals surface area contributed by atoms with Crippen molar-refractivity contribution >= 4 is 5.97 Å². The molecule has 1 aromatic heterocycles. The van der Waals surface area contributed by atoms with Crippen molar-refractivity contribution in [3.8, 4) is 5.88 Å². The van der Waals surface area contributed by atoms with Crippen LogP contribution in [0.4, 0.5) is 8.78 Å². The number of esters is 1. The fourth-order valence-corrected chi connectivity index (χ4v) is 1.59. The average molecular weight is 260 g/mol. The fraction of sp³-hybridized carbons (Fsp3) is 0.455. The summed E-state index contributed by atoms with van der Waals surface area (Å²) in [6, 6.07) is 0.